The van der Waals surface area contributed by atoms with Gasteiger partial charge in [0.1, 0.15) is 0 Å². The number of hydrogen-bond acceptors (Lipinski definition) is 6. The van der Waals surface area contributed by atoms with Crippen molar-refractivity contribution in [2.45, 2.75) is 79.0 Å². The monoisotopic (exact) mass is 348 g/mol. The van der Waals surface area contributed by atoms with Crippen LogP contribution in [0.5, 0.6) is 0 Å². The lowest BCUT2D eigenvalue weighted by molar-refractivity contribution is -0.287. The van der Waals surface area contributed by atoms with Crippen molar-refractivity contribution in [3.63, 3.8) is 0 Å². The molecule has 6 nitrogen and oxygen atoms in total. The van der Waals surface area contributed by atoms with Crippen molar-refractivity contribution in [1.82, 2.24) is 4.90 Å². The second-order valence-electron chi connectivity index (χ2n) is 6.38. The van der Waals surface area contributed by atoms with Gasteiger partial charge in [-0.1, -0.05) is 27.7 Å². The molecular weight excluding hydrogens is 308 g/mol. The largest absolute Gasteiger partial charge is 0.349 e. The van der Waals surface area contributed by atoms with Crippen LogP contribution in [0, 0.1) is 0 Å². The Morgan fingerprint density at radius 1 is 0.750 bits per heavy atom. The molecule has 2 saturated heterocycles. The third kappa shape index (κ3) is 7.76. The molecule has 2 aliphatic rings. The van der Waals surface area contributed by atoms with Gasteiger partial charge in [-0.3, -0.25) is 4.90 Å². The molecular formula is C18H40N2O4. The highest BCUT2D eigenvalue weighted by atomic mass is 16.7. The number of nitrogens with two attached hydrogens (primary N) is 1. The van der Waals surface area contributed by atoms with Gasteiger partial charge in [-0.15, -0.1) is 0 Å². The molecule has 0 aromatic heterocycles. The highest BCUT2D eigenvalue weighted by molar-refractivity contribution is 4.84. The van der Waals surface area contributed by atoms with Crippen LogP contribution in [0.2, 0.25) is 0 Å². The molecule has 0 unspecified atom stereocenters. The number of hydrogen-bond donors (Lipinski definition) is 1. The maximum Gasteiger partial charge on any atom is 0.162 e. The molecule has 146 valence electrons. The first-order valence-corrected chi connectivity index (χ1v) is 9.35. The molecule has 2 rings (SSSR count). The summed E-state index contributed by atoms with van der Waals surface area (Å²) in [7, 11) is 0. The summed E-state index contributed by atoms with van der Waals surface area (Å²) in [5.41, 5.74) is 5.74. The normalized spacial score (nSPS) is 23.8. The lowest BCUT2D eigenvalue weighted by atomic mass is 10.1. The van der Waals surface area contributed by atoms with Crippen LogP contribution in [0.4, 0.5) is 0 Å². The van der Waals surface area contributed by atoms with E-state index in [9.17, 15) is 0 Å². The minimum atomic E-state index is -0.494. The fourth-order valence-electron chi connectivity index (χ4n) is 2.56. The van der Waals surface area contributed by atoms with E-state index < -0.39 is 11.6 Å². The lowest BCUT2D eigenvalue weighted by Gasteiger charge is -2.46. The van der Waals surface area contributed by atoms with Gasteiger partial charge in [0.25, 0.3) is 0 Å². The Morgan fingerprint density at radius 2 is 1.04 bits per heavy atom. The van der Waals surface area contributed by atoms with Crippen LogP contribution in [0.3, 0.4) is 0 Å². The first kappa shape index (κ1) is 23.8. The zero-order valence-electron chi connectivity index (χ0n) is 17.1. The summed E-state index contributed by atoms with van der Waals surface area (Å²) in [4.78, 5) is 2.30. The van der Waals surface area contributed by atoms with Crippen molar-refractivity contribution >= 4 is 0 Å². The zero-order valence-corrected chi connectivity index (χ0v) is 17.1. The minimum Gasteiger partial charge on any atom is -0.349 e. The average Bonchev–Trinajstić information content (AvgIpc) is 2.57. The van der Waals surface area contributed by atoms with Crippen molar-refractivity contribution in [3.8, 4) is 0 Å². The molecule has 2 aliphatic heterocycles. The first-order valence-electron chi connectivity index (χ1n) is 9.35. The summed E-state index contributed by atoms with van der Waals surface area (Å²) in [5.74, 6) is -0.987. The van der Waals surface area contributed by atoms with Gasteiger partial charge in [0.15, 0.2) is 11.6 Å². The summed E-state index contributed by atoms with van der Waals surface area (Å²) >= 11 is 0. The van der Waals surface area contributed by atoms with E-state index in [1.54, 1.807) is 0 Å². The van der Waals surface area contributed by atoms with Crippen LogP contribution in [-0.4, -0.2) is 68.1 Å². The molecule has 0 amide bonds. The fraction of sp³-hybridized carbons (Fsp3) is 1.00. The molecule has 0 aromatic rings. The van der Waals surface area contributed by atoms with E-state index in [2.05, 4.69) is 4.90 Å². The molecule has 2 fully saturated rings. The average molecular weight is 349 g/mol. The van der Waals surface area contributed by atoms with Crippen LogP contribution < -0.4 is 5.73 Å². The standard InChI is InChI=1S/C14H28N2O4.2C2H6/c1-13(2)17-7-11(8-18-13)16(6-5-15)12-9-19-14(3,4)20-10-12;2*1-2/h11-12H,5-10,15H2,1-4H3;2*1-2H3. The zero-order chi connectivity index (χ0) is 18.8. The Labute approximate surface area is 148 Å². The predicted molar refractivity (Wildman–Crippen MR) is 98.0 cm³/mol. The van der Waals surface area contributed by atoms with E-state index in [4.69, 9.17) is 24.7 Å². The van der Waals surface area contributed by atoms with Gasteiger partial charge < -0.3 is 24.7 Å². The highest BCUT2D eigenvalue weighted by Crippen LogP contribution is 2.24. The van der Waals surface area contributed by atoms with Crippen molar-refractivity contribution in [1.29, 1.82) is 0 Å². The van der Waals surface area contributed by atoms with E-state index >= 15 is 0 Å². The van der Waals surface area contributed by atoms with Gasteiger partial charge >= 0.3 is 0 Å². The minimum absolute atomic E-state index is 0.199. The SMILES string of the molecule is CC.CC.CC1(C)OCC(N(CCN)C2COC(C)(C)OC2)CO1. The third-order valence-electron chi connectivity index (χ3n) is 3.82. The number of rotatable bonds is 4. The van der Waals surface area contributed by atoms with E-state index in [0.717, 1.165) is 6.54 Å². The van der Waals surface area contributed by atoms with Crippen LogP contribution >= 0.6 is 0 Å². The lowest BCUT2D eigenvalue weighted by Crippen LogP contribution is -2.59. The molecule has 0 spiro atoms. The van der Waals surface area contributed by atoms with Gasteiger partial charge in [-0.25, -0.2) is 0 Å². The summed E-state index contributed by atoms with van der Waals surface area (Å²) in [6.07, 6.45) is 0. The highest BCUT2D eigenvalue weighted by Gasteiger charge is 2.37. The quantitative estimate of drug-likeness (QED) is 0.842. The van der Waals surface area contributed by atoms with E-state index in [1.807, 2.05) is 55.4 Å². The molecule has 24 heavy (non-hydrogen) atoms. The summed E-state index contributed by atoms with van der Waals surface area (Å²) in [6, 6.07) is 0.398. The number of nitrogens with zero attached hydrogens (tertiary/aromatic N) is 1. The molecule has 0 aliphatic carbocycles. The third-order valence-corrected chi connectivity index (χ3v) is 3.82. The second-order valence-corrected chi connectivity index (χ2v) is 6.38. The Morgan fingerprint density at radius 3 is 1.29 bits per heavy atom. The van der Waals surface area contributed by atoms with E-state index in [-0.39, 0.29) is 12.1 Å². The Bertz CT molecular complexity index is 276. The summed E-state index contributed by atoms with van der Waals surface area (Å²) in [5, 5.41) is 0. The number of ether oxygens (including phenoxy) is 4. The molecule has 0 atom stereocenters. The van der Waals surface area contributed by atoms with Crippen LogP contribution in [0.1, 0.15) is 55.4 Å². The summed E-state index contributed by atoms with van der Waals surface area (Å²) < 4.78 is 23.0. The molecule has 0 aromatic carbocycles. The molecule has 0 bridgehead atoms. The molecule has 0 saturated carbocycles. The maximum atomic E-state index is 5.75. The van der Waals surface area contributed by atoms with Crippen molar-refractivity contribution < 1.29 is 18.9 Å². The first-order chi connectivity index (χ1) is 11.3. The van der Waals surface area contributed by atoms with E-state index in [1.165, 1.54) is 0 Å². The predicted octanol–water partition coefficient (Wildman–Crippen LogP) is 2.60. The van der Waals surface area contributed by atoms with Crippen LogP contribution in [0.15, 0.2) is 0 Å². The Hall–Kier alpha value is -0.240. The van der Waals surface area contributed by atoms with E-state index in [0.29, 0.717) is 33.0 Å². The molecule has 0 radical (unpaired) electrons. The smallest absolute Gasteiger partial charge is 0.162 e. The Balaban J connectivity index is 0.00000123. The summed E-state index contributed by atoms with van der Waals surface area (Å²) in [6.45, 7) is 19.7. The molecule has 6 heteroatoms. The van der Waals surface area contributed by atoms with Crippen LogP contribution in [-0.2, 0) is 18.9 Å². The van der Waals surface area contributed by atoms with Gasteiger partial charge in [0.2, 0.25) is 0 Å². The fourth-order valence-corrected chi connectivity index (χ4v) is 2.56. The van der Waals surface area contributed by atoms with Crippen molar-refractivity contribution in [2.24, 2.45) is 5.73 Å². The van der Waals surface area contributed by atoms with Gasteiger partial charge in [-0.2, -0.15) is 0 Å². The van der Waals surface area contributed by atoms with Gasteiger partial charge in [-0.05, 0) is 27.7 Å². The Kier molecular flexibility index (Phi) is 11.3. The molecule has 2 N–H and O–H groups in total. The second kappa shape index (κ2) is 11.4. The van der Waals surface area contributed by atoms with Gasteiger partial charge in [0, 0.05) is 13.1 Å². The van der Waals surface area contributed by atoms with Gasteiger partial charge in [0.05, 0.1) is 38.5 Å². The van der Waals surface area contributed by atoms with Crippen LogP contribution in [0.25, 0.3) is 0 Å². The topological polar surface area (TPSA) is 66.2 Å². The van der Waals surface area contributed by atoms with Crippen molar-refractivity contribution in [2.75, 3.05) is 39.5 Å². The van der Waals surface area contributed by atoms with Crippen molar-refractivity contribution in [3.05, 3.63) is 0 Å². The molecule has 2 heterocycles. The maximum absolute atomic E-state index is 5.75.